The summed E-state index contributed by atoms with van der Waals surface area (Å²) in [5.74, 6) is 0.116. The third kappa shape index (κ3) is 2.61. The summed E-state index contributed by atoms with van der Waals surface area (Å²) < 4.78 is 5.31. The highest BCUT2D eigenvalue weighted by Gasteiger charge is 2.45. The van der Waals surface area contributed by atoms with Gasteiger partial charge < -0.3 is 15.0 Å². The number of hydrogen-bond donors (Lipinski definition) is 1. The third-order valence-electron chi connectivity index (χ3n) is 4.09. The molecule has 3 rings (SSSR count). The molecule has 2 amide bonds. The Morgan fingerprint density at radius 2 is 1.90 bits per heavy atom. The highest BCUT2D eigenvalue weighted by Crippen LogP contribution is 2.31. The van der Waals surface area contributed by atoms with Crippen LogP contribution in [0.15, 0.2) is 30.3 Å². The van der Waals surface area contributed by atoms with Crippen molar-refractivity contribution in [2.24, 2.45) is 0 Å². The number of β-lactam (4-membered cyclic amide) rings is 1. The van der Waals surface area contributed by atoms with Crippen LogP contribution in [0.1, 0.15) is 24.8 Å². The van der Waals surface area contributed by atoms with Crippen LogP contribution in [0.4, 0.5) is 4.79 Å². The number of hydrogen-bond acceptors (Lipinski definition) is 3. The van der Waals surface area contributed by atoms with Crippen LogP contribution < -0.4 is 5.32 Å². The standard InChI is InChI=1S/C15H18N2O3/c18-13-10-15(16-13)6-8-17(9-7-15)14(19)20-11-12-4-2-1-3-5-12/h1-5H,6-11H2,(H,16,18). The lowest BCUT2D eigenvalue weighted by atomic mass is 9.78. The molecule has 0 bridgehead atoms. The number of benzene rings is 1. The molecular formula is C15H18N2O3. The van der Waals surface area contributed by atoms with Crippen LogP contribution >= 0.6 is 0 Å². The molecular weight excluding hydrogens is 256 g/mol. The van der Waals surface area contributed by atoms with Crippen molar-refractivity contribution in [2.45, 2.75) is 31.4 Å². The molecule has 2 aliphatic rings. The lowest BCUT2D eigenvalue weighted by Gasteiger charge is -2.47. The molecule has 0 unspecified atom stereocenters. The maximum Gasteiger partial charge on any atom is 0.410 e. The molecule has 1 N–H and O–H groups in total. The van der Waals surface area contributed by atoms with Gasteiger partial charge in [-0.2, -0.15) is 0 Å². The van der Waals surface area contributed by atoms with E-state index in [1.165, 1.54) is 0 Å². The lowest BCUT2D eigenvalue weighted by molar-refractivity contribution is -0.134. The highest BCUT2D eigenvalue weighted by molar-refractivity contribution is 5.84. The van der Waals surface area contributed by atoms with Gasteiger partial charge in [-0.15, -0.1) is 0 Å². The van der Waals surface area contributed by atoms with Crippen LogP contribution in [0.25, 0.3) is 0 Å². The van der Waals surface area contributed by atoms with Crippen LogP contribution in [0.2, 0.25) is 0 Å². The number of rotatable bonds is 2. The second kappa shape index (κ2) is 5.15. The first-order valence-corrected chi connectivity index (χ1v) is 6.94. The number of likely N-dealkylation sites (tertiary alicyclic amines) is 1. The number of piperidine rings is 1. The molecule has 0 aliphatic carbocycles. The lowest BCUT2D eigenvalue weighted by Crippen LogP contribution is -2.65. The monoisotopic (exact) mass is 274 g/mol. The highest BCUT2D eigenvalue weighted by atomic mass is 16.6. The summed E-state index contributed by atoms with van der Waals surface area (Å²) in [7, 11) is 0. The summed E-state index contributed by atoms with van der Waals surface area (Å²) in [6, 6.07) is 9.65. The zero-order valence-electron chi connectivity index (χ0n) is 11.3. The summed E-state index contributed by atoms with van der Waals surface area (Å²) in [5, 5.41) is 2.96. The van der Waals surface area contributed by atoms with E-state index < -0.39 is 0 Å². The first kappa shape index (κ1) is 13.0. The first-order chi connectivity index (χ1) is 9.67. The topological polar surface area (TPSA) is 58.6 Å². The van der Waals surface area contributed by atoms with E-state index in [1.807, 2.05) is 30.3 Å². The molecule has 106 valence electrons. The van der Waals surface area contributed by atoms with Gasteiger partial charge in [-0.3, -0.25) is 4.79 Å². The zero-order chi connectivity index (χ0) is 14.0. The van der Waals surface area contributed by atoms with E-state index in [0.717, 1.165) is 18.4 Å². The molecule has 5 heteroatoms. The SMILES string of the molecule is O=C1CC2(CCN(C(=O)OCc3ccccc3)CC2)N1. The van der Waals surface area contributed by atoms with Gasteiger partial charge in [-0.25, -0.2) is 4.79 Å². The fourth-order valence-electron chi connectivity index (χ4n) is 2.81. The Morgan fingerprint density at radius 3 is 2.50 bits per heavy atom. The van der Waals surface area contributed by atoms with Gasteiger partial charge in [-0.1, -0.05) is 30.3 Å². The summed E-state index contributed by atoms with van der Waals surface area (Å²) in [6.45, 7) is 1.60. The Morgan fingerprint density at radius 1 is 1.25 bits per heavy atom. The van der Waals surface area contributed by atoms with E-state index >= 15 is 0 Å². The van der Waals surface area contributed by atoms with Crippen LogP contribution in [0, 0.1) is 0 Å². The number of carbonyl (C=O) groups excluding carboxylic acids is 2. The smallest absolute Gasteiger partial charge is 0.410 e. The number of nitrogens with zero attached hydrogens (tertiary/aromatic N) is 1. The Balaban J connectivity index is 1.46. The Hall–Kier alpha value is -2.04. The molecule has 1 aromatic carbocycles. The normalized spacial score (nSPS) is 20.2. The van der Waals surface area contributed by atoms with E-state index in [0.29, 0.717) is 26.1 Å². The Kier molecular flexibility index (Phi) is 3.34. The minimum Gasteiger partial charge on any atom is -0.445 e. The zero-order valence-corrected chi connectivity index (χ0v) is 11.3. The van der Waals surface area contributed by atoms with E-state index in [-0.39, 0.29) is 17.5 Å². The van der Waals surface area contributed by atoms with Gasteiger partial charge >= 0.3 is 6.09 Å². The van der Waals surface area contributed by atoms with Crippen molar-refractivity contribution < 1.29 is 14.3 Å². The number of amides is 2. The van der Waals surface area contributed by atoms with Crippen molar-refractivity contribution >= 4 is 12.0 Å². The molecule has 5 nitrogen and oxygen atoms in total. The fourth-order valence-corrected chi connectivity index (χ4v) is 2.81. The minimum atomic E-state index is -0.269. The van der Waals surface area contributed by atoms with Gasteiger partial charge in [0, 0.05) is 19.5 Å². The summed E-state index contributed by atoms with van der Waals surface area (Å²) >= 11 is 0. The van der Waals surface area contributed by atoms with Crippen LogP contribution in [-0.2, 0) is 16.1 Å². The van der Waals surface area contributed by atoms with Gasteiger partial charge in [0.05, 0.1) is 5.54 Å². The number of nitrogens with one attached hydrogen (secondary N) is 1. The molecule has 2 fully saturated rings. The third-order valence-corrected chi connectivity index (χ3v) is 4.09. The molecule has 2 aliphatic heterocycles. The molecule has 0 atom stereocenters. The second-order valence-corrected chi connectivity index (χ2v) is 5.53. The van der Waals surface area contributed by atoms with Crippen molar-refractivity contribution in [3.05, 3.63) is 35.9 Å². The van der Waals surface area contributed by atoms with E-state index in [1.54, 1.807) is 4.90 Å². The quantitative estimate of drug-likeness (QED) is 0.835. The summed E-state index contributed by atoms with van der Waals surface area (Å²) in [4.78, 5) is 24.7. The molecule has 1 aromatic rings. The van der Waals surface area contributed by atoms with Gasteiger partial charge in [0.2, 0.25) is 5.91 Å². The fraction of sp³-hybridized carbons (Fsp3) is 0.467. The number of carbonyl (C=O) groups is 2. The van der Waals surface area contributed by atoms with Crippen molar-refractivity contribution in [2.75, 3.05) is 13.1 Å². The Labute approximate surface area is 117 Å². The van der Waals surface area contributed by atoms with Crippen LogP contribution in [0.5, 0.6) is 0 Å². The van der Waals surface area contributed by atoms with Crippen molar-refractivity contribution in [3.63, 3.8) is 0 Å². The maximum atomic E-state index is 12.0. The largest absolute Gasteiger partial charge is 0.445 e. The van der Waals surface area contributed by atoms with Crippen LogP contribution in [-0.4, -0.2) is 35.5 Å². The van der Waals surface area contributed by atoms with Crippen molar-refractivity contribution in [3.8, 4) is 0 Å². The van der Waals surface area contributed by atoms with Crippen molar-refractivity contribution in [1.29, 1.82) is 0 Å². The van der Waals surface area contributed by atoms with E-state index in [4.69, 9.17) is 4.74 Å². The van der Waals surface area contributed by atoms with Crippen LogP contribution in [0.3, 0.4) is 0 Å². The molecule has 2 saturated heterocycles. The first-order valence-electron chi connectivity index (χ1n) is 6.94. The Bertz CT molecular complexity index is 497. The predicted octanol–water partition coefficient (Wildman–Crippen LogP) is 1.68. The van der Waals surface area contributed by atoms with E-state index in [9.17, 15) is 9.59 Å². The minimum absolute atomic E-state index is 0.0483. The predicted molar refractivity (Wildman–Crippen MR) is 72.9 cm³/mol. The molecule has 20 heavy (non-hydrogen) atoms. The van der Waals surface area contributed by atoms with Gasteiger partial charge in [-0.05, 0) is 18.4 Å². The maximum absolute atomic E-state index is 12.0. The molecule has 0 radical (unpaired) electrons. The molecule has 1 spiro atoms. The molecule has 2 heterocycles. The number of ether oxygens (including phenoxy) is 1. The molecule has 0 saturated carbocycles. The van der Waals surface area contributed by atoms with E-state index in [2.05, 4.69) is 5.32 Å². The van der Waals surface area contributed by atoms with Gasteiger partial charge in [0.15, 0.2) is 0 Å². The van der Waals surface area contributed by atoms with Gasteiger partial charge in [0.25, 0.3) is 0 Å². The summed E-state index contributed by atoms with van der Waals surface area (Å²) in [6.07, 6.45) is 1.97. The van der Waals surface area contributed by atoms with Gasteiger partial charge in [0.1, 0.15) is 6.61 Å². The average molecular weight is 274 g/mol. The van der Waals surface area contributed by atoms with Crippen molar-refractivity contribution in [1.82, 2.24) is 10.2 Å². The summed E-state index contributed by atoms with van der Waals surface area (Å²) in [5.41, 5.74) is 0.938. The average Bonchev–Trinajstić information content (AvgIpc) is 2.45. The second-order valence-electron chi connectivity index (χ2n) is 5.53. The molecule has 0 aromatic heterocycles.